The molecule has 0 aliphatic carbocycles. The second-order valence-corrected chi connectivity index (χ2v) is 4.82. The third kappa shape index (κ3) is 3.94. The van der Waals surface area contributed by atoms with E-state index in [9.17, 15) is 20.0 Å². The molecule has 22 heavy (non-hydrogen) atoms. The zero-order valence-corrected chi connectivity index (χ0v) is 12.0. The van der Waals surface area contributed by atoms with Gasteiger partial charge in [-0.25, -0.2) is 5.43 Å². The number of non-ortho nitro benzene ring substituents is 1. The van der Waals surface area contributed by atoms with Gasteiger partial charge in [-0.3, -0.25) is 20.3 Å². The van der Waals surface area contributed by atoms with Crippen molar-refractivity contribution in [2.45, 2.75) is 6.54 Å². The number of hydrogen-bond donors (Lipinski definition) is 3. The number of carbonyl (C=O) groups excluding carboxylic acids is 1. The van der Waals surface area contributed by atoms with Gasteiger partial charge in [-0.15, -0.1) is 0 Å². The van der Waals surface area contributed by atoms with Crippen molar-refractivity contribution in [3.05, 3.63) is 68.7 Å². The quantitative estimate of drug-likeness (QED) is 0.579. The average molecular weight is 322 g/mol. The second kappa shape index (κ2) is 6.88. The van der Waals surface area contributed by atoms with Crippen LogP contribution >= 0.6 is 11.6 Å². The van der Waals surface area contributed by atoms with Crippen LogP contribution in [0.25, 0.3) is 0 Å². The van der Waals surface area contributed by atoms with Gasteiger partial charge in [-0.1, -0.05) is 17.7 Å². The lowest BCUT2D eigenvalue weighted by atomic mass is 10.2. The molecule has 0 fully saturated rings. The number of carbonyl (C=O) groups is 1. The van der Waals surface area contributed by atoms with Crippen LogP contribution in [0.5, 0.6) is 5.75 Å². The first-order valence-electron chi connectivity index (χ1n) is 6.22. The predicted octanol–water partition coefficient (Wildman–Crippen LogP) is 2.39. The van der Waals surface area contributed by atoms with Crippen molar-refractivity contribution in [3.63, 3.8) is 0 Å². The molecular formula is C14H12ClN3O4. The Labute approximate surface area is 130 Å². The number of amides is 1. The average Bonchev–Trinajstić information content (AvgIpc) is 2.48. The van der Waals surface area contributed by atoms with Crippen molar-refractivity contribution in [2.24, 2.45) is 0 Å². The van der Waals surface area contributed by atoms with E-state index in [4.69, 9.17) is 11.6 Å². The highest BCUT2D eigenvalue weighted by Gasteiger charge is 2.11. The summed E-state index contributed by atoms with van der Waals surface area (Å²) in [5.41, 5.74) is 5.54. The fraction of sp³-hybridized carbons (Fsp3) is 0.0714. The van der Waals surface area contributed by atoms with Gasteiger partial charge in [0.25, 0.3) is 11.6 Å². The van der Waals surface area contributed by atoms with E-state index in [2.05, 4.69) is 10.9 Å². The van der Waals surface area contributed by atoms with E-state index in [-0.39, 0.29) is 18.0 Å². The fourth-order valence-electron chi connectivity index (χ4n) is 1.75. The minimum atomic E-state index is -0.562. The van der Waals surface area contributed by atoms with E-state index in [0.29, 0.717) is 16.1 Å². The number of rotatable bonds is 5. The number of nitro groups is 1. The van der Waals surface area contributed by atoms with E-state index in [1.165, 1.54) is 24.3 Å². The molecule has 0 unspecified atom stereocenters. The summed E-state index contributed by atoms with van der Waals surface area (Å²) in [5, 5.41) is 20.8. The SMILES string of the molecule is O=C(NNCc1cc([N+](=O)[O-])ccc1O)c1cccc(Cl)c1. The second-order valence-electron chi connectivity index (χ2n) is 4.39. The molecule has 114 valence electrons. The molecule has 0 aliphatic rings. The number of halogens is 1. The summed E-state index contributed by atoms with van der Waals surface area (Å²) in [6, 6.07) is 10.0. The highest BCUT2D eigenvalue weighted by atomic mass is 35.5. The fourth-order valence-corrected chi connectivity index (χ4v) is 1.94. The highest BCUT2D eigenvalue weighted by molar-refractivity contribution is 6.30. The van der Waals surface area contributed by atoms with Crippen molar-refractivity contribution < 1.29 is 14.8 Å². The van der Waals surface area contributed by atoms with Gasteiger partial charge in [-0.2, -0.15) is 0 Å². The zero-order valence-electron chi connectivity index (χ0n) is 11.2. The number of phenols is 1. The number of benzene rings is 2. The summed E-state index contributed by atoms with van der Waals surface area (Å²) in [6.45, 7) is 0.0276. The molecule has 0 spiro atoms. The minimum Gasteiger partial charge on any atom is -0.508 e. The molecule has 0 atom stereocenters. The van der Waals surface area contributed by atoms with Crippen molar-refractivity contribution in [1.82, 2.24) is 10.9 Å². The normalized spacial score (nSPS) is 10.2. The van der Waals surface area contributed by atoms with Crippen LogP contribution in [-0.4, -0.2) is 15.9 Å². The van der Waals surface area contributed by atoms with E-state index in [1.54, 1.807) is 18.2 Å². The maximum Gasteiger partial charge on any atom is 0.270 e. The van der Waals surface area contributed by atoms with Gasteiger partial charge in [0.1, 0.15) is 5.75 Å². The molecule has 8 heteroatoms. The van der Waals surface area contributed by atoms with Gasteiger partial charge in [-0.05, 0) is 24.3 Å². The van der Waals surface area contributed by atoms with E-state index >= 15 is 0 Å². The van der Waals surface area contributed by atoms with Crippen LogP contribution in [0.4, 0.5) is 5.69 Å². The Balaban J connectivity index is 1.98. The lowest BCUT2D eigenvalue weighted by molar-refractivity contribution is -0.384. The maximum absolute atomic E-state index is 11.8. The van der Waals surface area contributed by atoms with Crippen LogP contribution in [-0.2, 0) is 6.54 Å². The van der Waals surface area contributed by atoms with Gasteiger partial charge >= 0.3 is 0 Å². The number of hydrazine groups is 1. The third-order valence-corrected chi connectivity index (χ3v) is 3.08. The highest BCUT2D eigenvalue weighted by Crippen LogP contribution is 2.22. The first-order chi connectivity index (χ1) is 10.5. The lowest BCUT2D eigenvalue weighted by Crippen LogP contribution is -2.36. The Morgan fingerprint density at radius 2 is 2.05 bits per heavy atom. The molecule has 0 heterocycles. The van der Waals surface area contributed by atoms with Crippen molar-refractivity contribution in [2.75, 3.05) is 0 Å². The summed E-state index contributed by atoms with van der Waals surface area (Å²) < 4.78 is 0. The van der Waals surface area contributed by atoms with Crippen molar-refractivity contribution >= 4 is 23.2 Å². The van der Waals surface area contributed by atoms with Gasteiger partial charge < -0.3 is 5.11 Å². The molecular weight excluding hydrogens is 310 g/mol. The standard InChI is InChI=1S/C14H12ClN3O4/c15-11-3-1-2-9(6-11)14(20)17-16-8-10-7-12(18(21)22)4-5-13(10)19/h1-7,16,19H,8H2,(H,17,20). The van der Waals surface area contributed by atoms with E-state index in [0.717, 1.165) is 0 Å². The number of nitro benzene ring substituents is 1. The number of nitrogens with zero attached hydrogens (tertiary/aromatic N) is 1. The summed E-state index contributed by atoms with van der Waals surface area (Å²) in [6.07, 6.45) is 0. The van der Waals surface area contributed by atoms with Gasteiger partial charge in [0.05, 0.1) is 4.92 Å². The Morgan fingerprint density at radius 1 is 1.27 bits per heavy atom. The smallest absolute Gasteiger partial charge is 0.270 e. The van der Waals surface area contributed by atoms with Crippen LogP contribution in [0.1, 0.15) is 15.9 Å². The molecule has 0 aliphatic heterocycles. The number of aromatic hydroxyl groups is 1. The minimum absolute atomic E-state index is 0.0276. The third-order valence-electron chi connectivity index (χ3n) is 2.84. The van der Waals surface area contributed by atoms with Crippen LogP contribution in [0.2, 0.25) is 5.02 Å². The molecule has 3 N–H and O–H groups in total. The first kappa shape index (κ1) is 15.7. The topological polar surface area (TPSA) is 104 Å². The molecule has 0 bridgehead atoms. The number of nitrogens with one attached hydrogen (secondary N) is 2. The Kier molecular flexibility index (Phi) is 4.92. The molecule has 0 radical (unpaired) electrons. The molecule has 2 aromatic carbocycles. The molecule has 2 aromatic rings. The lowest BCUT2D eigenvalue weighted by Gasteiger charge is -2.09. The Bertz CT molecular complexity index is 721. The molecule has 0 aromatic heterocycles. The largest absolute Gasteiger partial charge is 0.508 e. The van der Waals surface area contributed by atoms with E-state index < -0.39 is 10.8 Å². The maximum atomic E-state index is 11.8. The monoisotopic (exact) mass is 321 g/mol. The predicted molar refractivity (Wildman–Crippen MR) is 80.5 cm³/mol. The van der Waals surface area contributed by atoms with Crippen LogP contribution in [0.3, 0.4) is 0 Å². The van der Waals surface area contributed by atoms with Crippen LogP contribution in [0.15, 0.2) is 42.5 Å². The van der Waals surface area contributed by atoms with E-state index in [1.807, 2.05) is 0 Å². The number of hydrogen-bond acceptors (Lipinski definition) is 5. The van der Waals surface area contributed by atoms with Crippen molar-refractivity contribution in [1.29, 1.82) is 0 Å². The summed E-state index contributed by atoms with van der Waals surface area (Å²) in [4.78, 5) is 22.0. The first-order valence-corrected chi connectivity index (χ1v) is 6.60. The summed E-state index contributed by atoms with van der Waals surface area (Å²) >= 11 is 5.79. The van der Waals surface area contributed by atoms with Crippen molar-refractivity contribution in [3.8, 4) is 5.75 Å². The summed E-state index contributed by atoms with van der Waals surface area (Å²) in [5.74, 6) is -0.512. The van der Waals surface area contributed by atoms with Crippen LogP contribution < -0.4 is 10.9 Å². The van der Waals surface area contributed by atoms with Crippen LogP contribution in [0, 0.1) is 10.1 Å². The molecule has 1 amide bonds. The number of phenolic OH excluding ortho intramolecular Hbond substituents is 1. The van der Waals surface area contributed by atoms with Gasteiger partial charge in [0.2, 0.25) is 0 Å². The molecule has 2 rings (SSSR count). The zero-order chi connectivity index (χ0) is 16.1. The Morgan fingerprint density at radius 3 is 2.73 bits per heavy atom. The Hall–Kier alpha value is -2.64. The van der Waals surface area contributed by atoms with Gasteiger partial charge in [0.15, 0.2) is 0 Å². The van der Waals surface area contributed by atoms with Gasteiger partial charge in [0, 0.05) is 34.8 Å². The molecule has 0 saturated heterocycles. The molecule has 7 nitrogen and oxygen atoms in total. The summed E-state index contributed by atoms with van der Waals surface area (Å²) in [7, 11) is 0. The molecule has 0 saturated carbocycles.